The molecule has 0 saturated heterocycles. The molecule has 19 heavy (non-hydrogen) atoms. The van der Waals surface area contributed by atoms with Crippen molar-refractivity contribution in [1.82, 2.24) is 10.3 Å². The highest BCUT2D eigenvalue weighted by Crippen LogP contribution is 2.22. The second-order valence-corrected chi connectivity index (χ2v) is 4.71. The van der Waals surface area contributed by atoms with Gasteiger partial charge in [-0.25, -0.2) is 4.98 Å². The Morgan fingerprint density at radius 3 is 2.89 bits per heavy atom. The maximum atomic E-state index is 5.41. The molecule has 1 atom stereocenters. The van der Waals surface area contributed by atoms with Crippen LogP contribution in [0.5, 0.6) is 0 Å². The van der Waals surface area contributed by atoms with Crippen molar-refractivity contribution in [3.63, 3.8) is 0 Å². The van der Waals surface area contributed by atoms with Crippen molar-refractivity contribution in [2.75, 3.05) is 38.3 Å². The van der Waals surface area contributed by atoms with Gasteiger partial charge < -0.3 is 15.0 Å². The fourth-order valence-electron chi connectivity index (χ4n) is 1.99. The molecule has 4 heteroatoms. The first-order valence-electron chi connectivity index (χ1n) is 7.17. The summed E-state index contributed by atoms with van der Waals surface area (Å²) in [5.41, 5.74) is 1.25. The molecule has 108 valence electrons. The Hall–Kier alpha value is -1.13. The molecular formula is C15H27N3O. The summed E-state index contributed by atoms with van der Waals surface area (Å²) in [6.45, 7) is 9.77. The second kappa shape index (κ2) is 8.88. The van der Waals surface area contributed by atoms with Crippen LogP contribution >= 0.6 is 0 Å². The van der Waals surface area contributed by atoms with Gasteiger partial charge in [0.25, 0.3) is 0 Å². The lowest BCUT2D eigenvalue weighted by Crippen LogP contribution is -2.27. The van der Waals surface area contributed by atoms with Crippen LogP contribution in [-0.2, 0) is 4.74 Å². The zero-order chi connectivity index (χ0) is 14.1. The van der Waals surface area contributed by atoms with E-state index in [1.54, 1.807) is 0 Å². The van der Waals surface area contributed by atoms with E-state index >= 15 is 0 Å². The maximum absolute atomic E-state index is 5.41. The first kappa shape index (κ1) is 15.9. The molecular weight excluding hydrogens is 238 g/mol. The number of likely N-dealkylation sites (N-methyl/N-ethyl adjacent to an activating group) is 1. The van der Waals surface area contributed by atoms with Gasteiger partial charge in [-0.2, -0.15) is 0 Å². The molecule has 0 amide bonds. The lowest BCUT2D eigenvalue weighted by atomic mass is 10.1. The topological polar surface area (TPSA) is 37.4 Å². The van der Waals surface area contributed by atoms with E-state index in [0.717, 1.165) is 38.5 Å². The third kappa shape index (κ3) is 5.17. The third-order valence-electron chi connectivity index (χ3n) is 3.12. The maximum Gasteiger partial charge on any atom is 0.133 e. The summed E-state index contributed by atoms with van der Waals surface area (Å²) in [5.74, 6) is 1.04. The molecule has 0 aliphatic heterocycles. The highest BCUT2D eigenvalue weighted by Gasteiger charge is 2.13. The Morgan fingerprint density at radius 2 is 2.21 bits per heavy atom. The first-order chi connectivity index (χ1) is 9.20. The van der Waals surface area contributed by atoms with Gasteiger partial charge in [0.05, 0.1) is 6.61 Å². The van der Waals surface area contributed by atoms with Crippen molar-refractivity contribution in [3.8, 4) is 0 Å². The van der Waals surface area contributed by atoms with Gasteiger partial charge >= 0.3 is 0 Å². The highest BCUT2D eigenvalue weighted by molar-refractivity contribution is 5.47. The number of hydrogen-bond acceptors (Lipinski definition) is 4. The van der Waals surface area contributed by atoms with Crippen LogP contribution in [0.2, 0.25) is 0 Å². The molecule has 1 rings (SSSR count). The minimum atomic E-state index is 0.318. The summed E-state index contributed by atoms with van der Waals surface area (Å²) < 4.78 is 5.41. The van der Waals surface area contributed by atoms with Crippen LogP contribution in [0.1, 0.15) is 38.8 Å². The van der Waals surface area contributed by atoms with E-state index < -0.39 is 0 Å². The van der Waals surface area contributed by atoms with E-state index in [-0.39, 0.29) is 0 Å². The summed E-state index contributed by atoms with van der Waals surface area (Å²) in [6.07, 6.45) is 2.99. The van der Waals surface area contributed by atoms with Crippen LogP contribution in [0.25, 0.3) is 0 Å². The Labute approximate surface area is 117 Å². The Morgan fingerprint density at radius 1 is 1.42 bits per heavy atom. The number of ether oxygens (including phenoxy) is 1. The number of rotatable bonds is 9. The van der Waals surface area contributed by atoms with Crippen molar-refractivity contribution in [3.05, 3.63) is 23.9 Å². The molecule has 0 saturated carbocycles. The Kier molecular flexibility index (Phi) is 7.45. The Balaban J connectivity index is 2.71. The number of aromatic nitrogens is 1. The molecule has 1 unspecified atom stereocenters. The molecule has 0 radical (unpaired) electrons. The number of nitrogens with zero attached hydrogens (tertiary/aromatic N) is 2. The van der Waals surface area contributed by atoms with Gasteiger partial charge in [0.2, 0.25) is 0 Å². The van der Waals surface area contributed by atoms with Crippen LogP contribution in [0, 0.1) is 0 Å². The van der Waals surface area contributed by atoms with E-state index in [4.69, 9.17) is 4.74 Å². The van der Waals surface area contributed by atoms with Gasteiger partial charge in [-0.15, -0.1) is 0 Å². The largest absolute Gasteiger partial charge is 0.380 e. The first-order valence-corrected chi connectivity index (χ1v) is 7.17. The van der Waals surface area contributed by atoms with Crippen molar-refractivity contribution in [1.29, 1.82) is 0 Å². The molecule has 1 aromatic heterocycles. The van der Waals surface area contributed by atoms with Gasteiger partial charge in [0.15, 0.2) is 0 Å². The molecule has 1 N–H and O–H groups in total. The van der Waals surface area contributed by atoms with Crippen molar-refractivity contribution >= 4 is 5.82 Å². The van der Waals surface area contributed by atoms with Crippen LogP contribution in [0.15, 0.2) is 18.3 Å². The smallest absolute Gasteiger partial charge is 0.133 e. The molecule has 1 heterocycles. The predicted molar refractivity (Wildman–Crippen MR) is 80.7 cm³/mol. The van der Waals surface area contributed by atoms with Crippen LogP contribution < -0.4 is 10.2 Å². The lowest BCUT2D eigenvalue weighted by molar-refractivity contribution is 0.154. The molecule has 0 aromatic carbocycles. The van der Waals surface area contributed by atoms with Gasteiger partial charge in [-0.1, -0.05) is 13.0 Å². The van der Waals surface area contributed by atoms with E-state index in [9.17, 15) is 0 Å². The SMILES string of the molecule is CCCNC(C)c1cccnc1N(C)CCOCC. The molecule has 0 spiro atoms. The summed E-state index contributed by atoms with van der Waals surface area (Å²) in [5, 5.41) is 3.51. The zero-order valence-electron chi connectivity index (χ0n) is 12.6. The average Bonchev–Trinajstić information content (AvgIpc) is 2.45. The summed E-state index contributed by atoms with van der Waals surface area (Å²) in [4.78, 5) is 6.68. The zero-order valence-corrected chi connectivity index (χ0v) is 12.6. The molecule has 0 bridgehead atoms. The summed E-state index contributed by atoms with van der Waals surface area (Å²) in [6, 6.07) is 4.46. The van der Waals surface area contributed by atoms with Crippen LogP contribution in [0.4, 0.5) is 5.82 Å². The minimum Gasteiger partial charge on any atom is -0.380 e. The fraction of sp³-hybridized carbons (Fsp3) is 0.667. The van der Waals surface area contributed by atoms with Crippen molar-refractivity contribution < 1.29 is 4.74 Å². The van der Waals surface area contributed by atoms with Crippen LogP contribution in [0.3, 0.4) is 0 Å². The monoisotopic (exact) mass is 265 g/mol. The summed E-state index contributed by atoms with van der Waals surface area (Å²) >= 11 is 0. The van der Waals surface area contributed by atoms with Crippen molar-refractivity contribution in [2.45, 2.75) is 33.2 Å². The molecule has 0 aliphatic rings. The fourth-order valence-corrected chi connectivity index (χ4v) is 1.99. The average molecular weight is 265 g/mol. The van der Waals surface area contributed by atoms with Gasteiger partial charge in [-0.3, -0.25) is 0 Å². The molecule has 0 fully saturated rings. The molecule has 1 aromatic rings. The number of pyridine rings is 1. The van der Waals surface area contributed by atoms with Gasteiger partial charge in [-0.05, 0) is 32.9 Å². The van der Waals surface area contributed by atoms with Gasteiger partial charge in [0.1, 0.15) is 5.82 Å². The number of anilines is 1. The van der Waals surface area contributed by atoms with E-state index in [1.165, 1.54) is 5.56 Å². The second-order valence-electron chi connectivity index (χ2n) is 4.71. The molecule has 0 aliphatic carbocycles. The van der Waals surface area contributed by atoms with Gasteiger partial charge in [0, 0.05) is 38.0 Å². The molecule has 4 nitrogen and oxygen atoms in total. The standard InChI is InChI=1S/C15H27N3O/c1-5-9-16-13(3)14-8-7-10-17-15(14)18(4)11-12-19-6-2/h7-8,10,13,16H,5-6,9,11-12H2,1-4H3. The summed E-state index contributed by atoms with van der Waals surface area (Å²) in [7, 11) is 2.07. The highest BCUT2D eigenvalue weighted by atomic mass is 16.5. The predicted octanol–water partition coefficient (Wildman–Crippen LogP) is 2.61. The van der Waals surface area contributed by atoms with E-state index in [2.05, 4.69) is 42.2 Å². The minimum absolute atomic E-state index is 0.318. The number of nitrogens with one attached hydrogen (secondary N) is 1. The van der Waals surface area contributed by atoms with Crippen molar-refractivity contribution in [2.24, 2.45) is 0 Å². The van der Waals surface area contributed by atoms with Crippen LogP contribution in [-0.4, -0.2) is 38.3 Å². The quantitative estimate of drug-likeness (QED) is 0.696. The Bertz CT molecular complexity index is 357. The third-order valence-corrected chi connectivity index (χ3v) is 3.12. The van der Waals surface area contributed by atoms with E-state index in [1.807, 2.05) is 19.2 Å². The van der Waals surface area contributed by atoms with E-state index in [0.29, 0.717) is 6.04 Å². The lowest BCUT2D eigenvalue weighted by Gasteiger charge is -2.24. The number of hydrogen-bond donors (Lipinski definition) is 1. The normalized spacial score (nSPS) is 12.4.